The van der Waals surface area contributed by atoms with Crippen LogP contribution in [0, 0.1) is 5.82 Å². The van der Waals surface area contributed by atoms with Gasteiger partial charge in [0.15, 0.2) is 11.5 Å². The van der Waals surface area contributed by atoms with Gasteiger partial charge >= 0.3 is 0 Å². The first-order valence-corrected chi connectivity index (χ1v) is 6.45. The molecule has 2 rings (SSSR count). The maximum Gasteiger partial charge on any atom is 0.254 e. The van der Waals surface area contributed by atoms with Gasteiger partial charge in [-0.05, 0) is 31.2 Å². The third-order valence-electron chi connectivity index (χ3n) is 3.48. The number of aromatic hydroxyl groups is 2. The fraction of sp³-hybridized carbons (Fsp3) is 0.188. The maximum absolute atomic E-state index is 13.8. The number of halogens is 1. The number of carbonyl (C=O) groups is 1. The molecule has 0 radical (unpaired) electrons. The fourth-order valence-corrected chi connectivity index (χ4v) is 2.06. The summed E-state index contributed by atoms with van der Waals surface area (Å²) in [5.41, 5.74) is 0.632. The van der Waals surface area contributed by atoms with Crippen LogP contribution in [0.15, 0.2) is 42.5 Å². The van der Waals surface area contributed by atoms with Crippen molar-refractivity contribution in [2.75, 3.05) is 7.05 Å². The topological polar surface area (TPSA) is 60.8 Å². The van der Waals surface area contributed by atoms with Crippen molar-refractivity contribution in [2.45, 2.75) is 13.0 Å². The quantitative estimate of drug-likeness (QED) is 0.854. The van der Waals surface area contributed by atoms with E-state index in [4.69, 9.17) is 0 Å². The monoisotopic (exact) mass is 289 g/mol. The van der Waals surface area contributed by atoms with E-state index in [1.54, 1.807) is 32.2 Å². The van der Waals surface area contributed by atoms with Gasteiger partial charge in [-0.3, -0.25) is 4.79 Å². The number of hydrogen-bond acceptors (Lipinski definition) is 3. The van der Waals surface area contributed by atoms with E-state index >= 15 is 0 Å². The van der Waals surface area contributed by atoms with Gasteiger partial charge in [0, 0.05) is 18.2 Å². The highest BCUT2D eigenvalue weighted by molar-refractivity contribution is 5.95. The van der Waals surface area contributed by atoms with Gasteiger partial charge in [0.05, 0.1) is 6.04 Å². The average Bonchev–Trinajstić information content (AvgIpc) is 2.48. The highest BCUT2D eigenvalue weighted by Gasteiger charge is 2.21. The molecule has 0 saturated heterocycles. The zero-order chi connectivity index (χ0) is 15.6. The average molecular weight is 289 g/mol. The lowest BCUT2D eigenvalue weighted by molar-refractivity contribution is 0.0740. The molecule has 0 aliphatic carbocycles. The number of phenols is 2. The molecule has 21 heavy (non-hydrogen) atoms. The largest absolute Gasteiger partial charge is 0.504 e. The van der Waals surface area contributed by atoms with Crippen molar-refractivity contribution in [3.05, 3.63) is 59.4 Å². The number of rotatable bonds is 3. The first kappa shape index (κ1) is 14.8. The van der Waals surface area contributed by atoms with Crippen LogP contribution in [0.2, 0.25) is 0 Å². The van der Waals surface area contributed by atoms with Crippen LogP contribution in [0.5, 0.6) is 11.5 Å². The van der Waals surface area contributed by atoms with Crippen LogP contribution in [-0.2, 0) is 0 Å². The summed E-state index contributed by atoms with van der Waals surface area (Å²) in [5, 5.41) is 18.7. The number of hydrogen-bond donors (Lipinski definition) is 2. The SMILES string of the molecule is CC(c1ccccc1F)N(C)C(=O)c1ccc(O)c(O)c1. The Bertz CT molecular complexity index is 672. The molecule has 0 aromatic heterocycles. The normalized spacial score (nSPS) is 12.0. The van der Waals surface area contributed by atoms with Crippen LogP contribution in [0.1, 0.15) is 28.9 Å². The van der Waals surface area contributed by atoms with Crippen LogP contribution in [0.3, 0.4) is 0 Å². The summed E-state index contributed by atoms with van der Waals surface area (Å²) >= 11 is 0. The second-order valence-electron chi connectivity index (χ2n) is 4.82. The van der Waals surface area contributed by atoms with E-state index in [0.29, 0.717) is 5.56 Å². The Morgan fingerprint density at radius 1 is 1.14 bits per heavy atom. The van der Waals surface area contributed by atoms with E-state index < -0.39 is 6.04 Å². The summed E-state index contributed by atoms with van der Waals surface area (Å²) in [7, 11) is 1.56. The summed E-state index contributed by atoms with van der Waals surface area (Å²) < 4.78 is 13.8. The van der Waals surface area contributed by atoms with Gasteiger partial charge < -0.3 is 15.1 Å². The van der Waals surface area contributed by atoms with Gasteiger partial charge in [-0.15, -0.1) is 0 Å². The van der Waals surface area contributed by atoms with Crippen LogP contribution in [0.25, 0.3) is 0 Å². The molecule has 0 fully saturated rings. The first-order valence-electron chi connectivity index (χ1n) is 6.45. The van der Waals surface area contributed by atoms with Gasteiger partial charge in [-0.2, -0.15) is 0 Å². The molecule has 0 bridgehead atoms. The summed E-state index contributed by atoms with van der Waals surface area (Å²) in [6.07, 6.45) is 0. The Hall–Kier alpha value is -2.56. The van der Waals surface area contributed by atoms with Crippen molar-refractivity contribution in [1.29, 1.82) is 0 Å². The predicted molar refractivity (Wildman–Crippen MR) is 76.7 cm³/mol. The Morgan fingerprint density at radius 2 is 1.81 bits per heavy atom. The lowest BCUT2D eigenvalue weighted by Crippen LogP contribution is -2.30. The Labute approximate surface area is 122 Å². The molecule has 1 amide bonds. The molecule has 2 N–H and O–H groups in total. The van der Waals surface area contributed by atoms with Gasteiger partial charge in [-0.25, -0.2) is 4.39 Å². The highest BCUT2D eigenvalue weighted by atomic mass is 19.1. The molecule has 2 aromatic rings. The number of benzene rings is 2. The number of phenolic OH excluding ortho intramolecular Hbond substituents is 2. The minimum atomic E-state index is -0.463. The Balaban J connectivity index is 2.26. The van der Waals surface area contributed by atoms with E-state index in [1.165, 1.54) is 29.2 Å². The number of nitrogens with zero attached hydrogens (tertiary/aromatic N) is 1. The molecular formula is C16H16FNO3. The second kappa shape index (κ2) is 5.83. The van der Waals surface area contributed by atoms with Crippen LogP contribution >= 0.6 is 0 Å². The van der Waals surface area contributed by atoms with Gasteiger partial charge in [0.2, 0.25) is 0 Å². The van der Waals surface area contributed by atoms with Crippen LogP contribution in [0.4, 0.5) is 4.39 Å². The van der Waals surface area contributed by atoms with Crippen molar-refractivity contribution in [2.24, 2.45) is 0 Å². The van der Waals surface area contributed by atoms with E-state index in [0.717, 1.165) is 0 Å². The zero-order valence-corrected chi connectivity index (χ0v) is 11.7. The Kier molecular flexibility index (Phi) is 4.12. The molecule has 0 aliphatic rings. The number of carbonyl (C=O) groups excluding carboxylic acids is 1. The maximum atomic E-state index is 13.8. The molecule has 110 valence electrons. The first-order chi connectivity index (χ1) is 9.91. The molecule has 1 unspecified atom stereocenters. The summed E-state index contributed by atoms with van der Waals surface area (Å²) in [6.45, 7) is 1.72. The minimum Gasteiger partial charge on any atom is -0.504 e. The molecular weight excluding hydrogens is 273 g/mol. The lowest BCUT2D eigenvalue weighted by Gasteiger charge is -2.25. The molecule has 0 saturated carbocycles. The summed E-state index contributed by atoms with van der Waals surface area (Å²) in [6, 6.07) is 9.63. The third-order valence-corrected chi connectivity index (χ3v) is 3.48. The van der Waals surface area contributed by atoms with Crippen molar-refractivity contribution in [1.82, 2.24) is 4.90 Å². The second-order valence-corrected chi connectivity index (χ2v) is 4.82. The fourth-order valence-electron chi connectivity index (χ4n) is 2.06. The molecule has 0 aliphatic heterocycles. The third kappa shape index (κ3) is 2.97. The van der Waals surface area contributed by atoms with Crippen molar-refractivity contribution < 1.29 is 19.4 Å². The van der Waals surface area contributed by atoms with Gasteiger partial charge in [0.25, 0.3) is 5.91 Å². The summed E-state index contributed by atoms with van der Waals surface area (Å²) in [5.74, 6) is -1.41. The highest BCUT2D eigenvalue weighted by Crippen LogP contribution is 2.27. The molecule has 0 heterocycles. The summed E-state index contributed by atoms with van der Waals surface area (Å²) in [4.78, 5) is 13.7. The van der Waals surface area contributed by atoms with Crippen LogP contribution < -0.4 is 0 Å². The zero-order valence-electron chi connectivity index (χ0n) is 11.7. The molecule has 5 heteroatoms. The molecule has 1 atom stereocenters. The van der Waals surface area contributed by atoms with E-state index in [2.05, 4.69) is 0 Å². The lowest BCUT2D eigenvalue weighted by atomic mass is 10.1. The molecule has 2 aromatic carbocycles. The smallest absolute Gasteiger partial charge is 0.254 e. The van der Waals surface area contributed by atoms with E-state index in [-0.39, 0.29) is 28.8 Å². The standard InChI is InChI=1S/C16H16FNO3/c1-10(12-5-3-4-6-13(12)17)18(2)16(21)11-7-8-14(19)15(20)9-11/h3-10,19-20H,1-2H3. The minimum absolute atomic E-state index is 0.219. The van der Waals surface area contributed by atoms with Crippen LogP contribution in [-0.4, -0.2) is 28.1 Å². The Morgan fingerprint density at radius 3 is 2.43 bits per heavy atom. The molecule has 0 spiro atoms. The molecule has 4 nitrogen and oxygen atoms in total. The van der Waals surface area contributed by atoms with Crippen molar-refractivity contribution >= 4 is 5.91 Å². The van der Waals surface area contributed by atoms with E-state index in [9.17, 15) is 19.4 Å². The van der Waals surface area contributed by atoms with E-state index in [1.807, 2.05) is 0 Å². The number of amides is 1. The predicted octanol–water partition coefficient (Wildman–Crippen LogP) is 3.07. The van der Waals surface area contributed by atoms with Crippen molar-refractivity contribution in [3.8, 4) is 11.5 Å². The van der Waals surface area contributed by atoms with Crippen molar-refractivity contribution in [3.63, 3.8) is 0 Å². The van der Waals surface area contributed by atoms with Gasteiger partial charge in [-0.1, -0.05) is 18.2 Å². The van der Waals surface area contributed by atoms with Gasteiger partial charge in [0.1, 0.15) is 5.82 Å².